The zero-order chi connectivity index (χ0) is 7.68. The van der Waals surface area contributed by atoms with Crippen LogP contribution in [0.25, 0.3) is 10.6 Å². The average Bonchev–Trinajstić information content (AvgIpc) is 2.55. The predicted molar refractivity (Wildman–Crippen MR) is 48.8 cm³/mol. The van der Waals surface area contributed by atoms with Crippen LogP contribution in [0.3, 0.4) is 0 Å². The van der Waals surface area contributed by atoms with Crippen LogP contribution in [0.2, 0.25) is 0 Å². The molecule has 2 rings (SSSR count). The molecule has 0 saturated carbocycles. The Morgan fingerprint density at radius 1 is 1.45 bits per heavy atom. The zero-order valence-electron chi connectivity index (χ0n) is 6.29. The Morgan fingerprint density at radius 2 is 2.36 bits per heavy atom. The molecule has 1 nitrogen and oxygen atoms in total. The Balaban J connectivity index is 2.45. The minimum Gasteiger partial charge on any atom is -0.361 e. The molecule has 0 amide bonds. The highest BCUT2D eigenvalue weighted by atomic mass is 32.1. The standard InChI is InChI=1S/C9H9NS/c1-7-5-9(11-6-7)8-3-2-4-10-8/h2-6,10H,1H3. The molecule has 0 aliphatic heterocycles. The molecular formula is C9H9NS. The van der Waals surface area contributed by atoms with E-state index in [0.717, 1.165) is 0 Å². The lowest BCUT2D eigenvalue weighted by atomic mass is 10.3. The molecule has 0 saturated heterocycles. The Kier molecular flexibility index (Phi) is 1.55. The van der Waals surface area contributed by atoms with Crippen LogP contribution in [-0.2, 0) is 0 Å². The molecule has 0 aliphatic carbocycles. The number of nitrogens with one attached hydrogen (secondary N) is 1. The third kappa shape index (κ3) is 1.21. The fraction of sp³-hybridized carbons (Fsp3) is 0.111. The van der Waals surface area contributed by atoms with E-state index in [-0.39, 0.29) is 0 Å². The van der Waals surface area contributed by atoms with Gasteiger partial charge >= 0.3 is 0 Å². The van der Waals surface area contributed by atoms with Crippen molar-refractivity contribution in [2.24, 2.45) is 0 Å². The van der Waals surface area contributed by atoms with Crippen LogP contribution in [0.1, 0.15) is 5.56 Å². The van der Waals surface area contributed by atoms with Gasteiger partial charge in [-0.1, -0.05) is 0 Å². The molecule has 2 aromatic heterocycles. The highest BCUT2D eigenvalue weighted by Crippen LogP contribution is 2.24. The maximum absolute atomic E-state index is 3.18. The van der Waals surface area contributed by atoms with Crippen molar-refractivity contribution in [2.75, 3.05) is 0 Å². The Hall–Kier alpha value is -1.02. The topological polar surface area (TPSA) is 15.8 Å². The molecule has 0 aromatic carbocycles. The van der Waals surface area contributed by atoms with E-state index >= 15 is 0 Å². The number of aryl methyl sites for hydroxylation is 1. The zero-order valence-corrected chi connectivity index (χ0v) is 7.11. The maximum atomic E-state index is 3.18. The average molecular weight is 163 g/mol. The molecule has 56 valence electrons. The third-order valence-electron chi connectivity index (χ3n) is 1.59. The van der Waals surface area contributed by atoms with Gasteiger partial charge in [0.15, 0.2) is 0 Å². The van der Waals surface area contributed by atoms with E-state index in [2.05, 4.69) is 29.4 Å². The molecule has 2 heterocycles. The molecule has 2 aromatic rings. The Bertz CT molecular complexity index is 332. The molecule has 0 unspecified atom stereocenters. The van der Waals surface area contributed by atoms with Gasteiger partial charge < -0.3 is 4.98 Å². The van der Waals surface area contributed by atoms with E-state index in [1.807, 2.05) is 12.3 Å². The van der Waals surface area contributed by atoms with Gasteiger partial charge in [-0.3, -0.25) is 0 Å². The van der Waals surface area contributed by atoms with Gasteiger partial charge in [0, 0.05) is 6.20 Å². The summed E-state index contributed by atoms with van der Waals surface area (Å²) in [6.45, 7) is 2.11. The lowest BCUT2D eigenvalue weighted by molar-refractivity contribution is 1.42. The largest absolute Gasteiger partial charge is 0.361 e. The van der Waals surface area contributed by atoms with Gasteiger partial charge in [-0.2, -0.15) is 0 Å². The van der Waals surface area contributed by atoms with Crippen molar-refractivity contribution in [3.05, 3.63) is 35.3 Å². The quantitative estimate of drug-likeness (QED) is 0.665. The SMILES string of the molecule is Cc1csc(-c2ccc[nH]2)c1. The first-order valence-corrected chi connectivity index (χ1v) is 4.43. The fourth-order valence-electron chi connectivity index (χ4n) is 1.06. The van der Waals surface area contributed by atoms with Gasteiger partial charge in [0.1, 0.15) is 0 Å². The van der Waals surface area contributed by atoms with Gasteiger partial charge in [-0.05, 0) is 36.1 Å². The fourth-order valence-corrected chi connectivity index (χ4v) is 1.94. The summed E-state index contributed by atoms with van der Waals surface area (Å²) < 4.78 is 0. The van der Waals surface area contributed by atoms with Gasteiger partial charge in [0.2, 0.25) is 0 Å². The lowest BCUT2D eigenvalue weighted by Gasteiger charge is -1.87. The lowest BCUT2D eigenvalue weighted by Crippen LogP contribution is -1.67. The second-order valence-corrected chi connectivity index (χ2v) is 3.48. The van der Waals surface area contributed by atoms with Gasteiger partial charge in [0.05, 0.1) is 10.6 Å². The molecule has 2 heteroatoms. The normalized spacial score (nSPS) is 10.3. The molecule has 0 aliphatic rings. The van der Waals surface area contributed by atoms with E-state index < -0.39 is 0 Å². The summed E-state index contributed by atoms with van der Waals surface area (Å²) >= 11 is 1.78. The van der Waals surface area contributed by atoms with E-state index in [4.69, 9.17) is 0 Å². The van der Waals surface area contributed by atoms with Crippen molar-refractivity contribution in [1.29, 1.82) is 0 Å². The molecule has 11 heavy (non-hydrogen) atoms. The number of thiophene rings is 1. The van der Waals surface area contributed by atoms with Gasteiger partial charge in [0.25, 0.3) is 0 Å². The predicted octanol–water partition coefficient (Wildman–Crippen LogP) is 3.05. The van der Waals surface area contributed by atoms with Crippen LogP contribution in [0.15, 0.2) is 29.8 Å². The van der Waals surface area contributed by atoms with Gasteiger partial charge in [-0.15, -0.1) is 11.3 Å². The highest BCUT2D eigenvalue weighted by molar-refractivity contribution is 7.13. The summed E-state index contributed by atoms with van der Waals surface area (Å²) in [5, 5.41) is 2.16. The summed E-state index contributed by atoms with van der Waals surface area (Å²) in [7, 11) is 0. The molecule has 0 radical (unpaired) electrons. The number of aromatic amines is 1. The van der Waals surface area contributed by atoms with Crippen molar-refractivity contribution in [3.8, 4) is 10.6 Å². The van der Waals surface area contributed by atoms with E-state index in [1.54, 1.807) is 11.3 Å². The smallest absolute Gasteiger partial charge is 0.0555 e. The minimum absolute atomic E-state index is 1.21. The summed E-state index contributed by atoms with van der Waals surface area (Å²) in [5.41, 5.74) is 2.54. The van der Waals surface area contributed by atoms with Crippen LogP contribution in [0.5, 0.6) is 0 Å². The van der Waals surface area contributed by atoms with Crippen LogP contribution in [0, 0.1) is 6.92 Å². The van der Waals surface area contributed by atoms with Crippen molar-refractivity contribution in [3.63, 3.8) is 0 Å². The number of aromatic nitrogens is 1. The van der Waals surface area contributed by atoms with E-state index in [1.165, 1.54) is 16.1 Å². The second-order valence-electron chi connectivity index (χ2n) is 2.57. The second kappa shape index (κ2) is 2.55. The monoisotopic (exact) mass is 163 g/mol. The van der Waals surface area contributed by atoms with E-state index in [9.17, 15) is 0 Å². The summed E-state index contributed by atoms with van der Waals surface area (Å²) in [6.07, 6.45) is 1.95. The van der Waals surface area contributed by atoms with E-state index in [0.29, 0.717) is 0 Å². The van der Waals surface area contributed by atoms with Crippen molar-refractivity contribution >= 4 is 11.3 Å². The first-order chi connectivity index (χ1) is 5.36. The maximum Gasteiger partial charge on any atom is 0.0555 e. The van der Waals surface area contributed by atoms with Crippen LogP contribution in [-0.4, -0.2) is 4.98 Å². The van der Waals surface area contributed by atoms with Crippen molar-refractivity contribution in [1.82, 2.24) is 4.98 Å². The van der Waals surface area contributed by atoms with Crippen molar-refractivity contribution < 1.29 is 0 Å². The number of hydrogen-bond acceptors (Lipinski definition) is 1. The molecule has 0 atom stereocenters. The van der Waals surface area contributed by atoms with Crippen LogP contribution >= 0.6 is 11.3 Å². The van der Waals surface area contributed by atoms with Crippen LogP contribution < -0.4 is 0 Å². The Morgan fingerprint density at radius 3 is 2.91 bits per heavy atom. The Labute approximate surface area is 69.7 Å². The number of hydrogen-bond donors (Lipinski definition) is 1. The highest BCUT2D eigenvalue weighted by Gasteiger charge is 1.98. The van der Waals surface area contributed by atoms with Gasteiger partial charge in [-0.25, -0.2) is 0 Å². The molecule has 0 spiro atoms. The summed E-state index contributed by atoms with van der Waals surface area (Å²) in [6, 6.07) is 6.30. The molecule has 0 bridgehead atoms. The molecular weight excluding hydrogens is 154 g/mol. The van der Waals surface area contributed by atoms with Crippen LogP contribution in [0.4, 0.5) is 0 Å². The number of H-pyrrole nitrogens is 1. The third-order valence-corrected chi connectivity index (χ3v) is 2.68. The summed E-state index contributed by atoms with van der Waals surface area (Å²) in [5.74, 6) is 0. The number of rotatable bonds is 1. The summed E-state index contributed by atoms with van der Waals surface area (Å²) in [4.78, 5) is 4.49. The molecule has 1 N–H and O–H groups in total. The minimum atomic E-state index is 1.21. The first-order valence-electron chi connectivity index (χ1n) is 3.55. The van der Waals surface area contributed by atoms with Crippen molar-refractivity contribution in [2.45, 2.75) is 6.92 Å². The molecule has 0 fully saturated rings. The first kappa shape index (κ1) is 6.68.